The van der Waals surface area contributed by atoms with E-state index in [4.69, 9.17) is 0 Å². The Morgan fingerprint density at radius 2 is 1.56 bits per heavy atom. The van der Waals surface area contributed by atoms with Crippen LogP contribution in [-0.4, -0.2) is 36.5 Å². The van der Waals surface area contributed by atoms with E-state index in [0.29, 0.717) is 12.5 Å². The topological polar surface area (TPSA) is 32.3 Å². The highest BCUT2D eigenvalue weighted by Crippen LogP contribution is 2.17. The molecule has 104 valence electrons. The molecule has 0 spiro atoms. The number of hydrogen-bond donors (Lipinski definition) is 1. The lowest BCUT2D eigenvalue weighted by atomic mass is 10.1. The van der Waals surface area contributed by atoms with Gasteiger partial charge in [0, 0.05) is 19.0 Å². The van der Waals surface area contributed by atoms with Gasteiger partial charge in [0.2, 0.25) is 5.91 Å². The summed E-state index contributed by atoms with van der Waals surface area (Å²) in [7, 11) is 0. The summed E-state index contributed by atoms with van der Waals surface area (Å²) in [5, 5.41) is 3.23. The minimum atomic E-state index is 0.271. The number of amides is 1. The normalized spacial score (nSPS) is 23.6. The van der Waals surface area contributed by atoms with Crippen LogP contribution in [0.5, 0.6) is 0 Å². The third-order valence-corrected chi connectivity index (χ3v) is 4.32. The zero-order valence-corrected chi connectivity index (χ0v) is 11.6. The van der Waals surface area contributed by atoms with Crippen LogP contribution in [-0.2, 0) is 4.79 Å². The molecule has 2 fully saturated rings. The van der Waals surface area contributed by atoms with E-state index in [1.54, 1.807) is 0 Å². The molecule has 1 heterocycles. The molecule has 0 bridgehead atoms. The van der Waals surface area contributed by atoms with E-state index in [9.17, 15) is 4.79 Å². The fourth-order valence-corrected chi connectivity index (χ4v) is 3.17. The Morgan fingerprint density at radius 1 is 0.944 bits per heavy atom. The Morgan fingerprint density at radius 3 is 2.22 bits per heavy atom. The molecule has 1 aliphatic heterocycles. The van der Waals surface area contributed by atoms with Crippen LogP contribution in [0.2, 0.25) is 0 Å². The van der Waals surface area contributed by atoms with E-state index in [0.717, 1.165) is 6.54 Å². The van der Waals surface area contributed by atoms with Crippen LogP contribution < -0.4 is 5.32 Å². The summed E-state index contributed by atoms with van der Waals surface area (Å²) in [6, 6.07) is 0.460. The van der Waals surface area contributed by atoms with Gasteiger partial charge in [-0.15, -0.1) is 0 Å². The lowest BCUT2D eigenvalue weighted by molar-refractivity contribution is -0.122. The van der Waals surface area contributed by atoms with Crippen LogP contribution >= 0.6 is 0 Å². The minimum absolute atomic E-state index is 0.271. The van der Waals surface area contributed by atoms with Crippen molar-refractivity contribution in [2.24, 2.45) is 0 Å². The van der Waals surface area contributed by atoms with Gasteiger partial charge in [0.05, 0.1) is 0 Å². The van der Waals surface area contributed by atoms with Crippen molar-refractivity contribution in [2.45, 2.75) is 70.3 Å². The molecule has 0 atom stereocenters. The van der Waals surface area contributed by atoms with Gasteiger partial charge >= 0.3 is 0 Å². The molecule has 3 heteroatoms. The van der Waals surface area contributed by atoms with Gasteiger partial charge in [-0.3, -0.25) is 4.79 Å². The summed E-state index contributed by atoms with van der Waals surface area (Å²) in [4.78, 5) is 14.4. The van der Waals surface area contributed by atoms with Gasteiger partial charge in [0.25, 0.3) is 0 Å². The second kappa shape index (κ2) is 7.78. The number of piperidine rings is 1. The van der Waals surface area contributed by atoms with Crippen molar-refractivity contribution < 1.29 is 4.79 Å². The van der Waals surface area contributed by atoms with Crippen LogP contribution in [0, 0.1) is 0 Å². The van der Waals surface area contributed by atoms with E-state index in [1.165, 1.54) is 70.9 Å². The fourth-order valence-electron chi connectivity index (χ4n) is 3.17. The largest absolute Gasteiger partial charge is 0.353 e. The average molecular weight is 252 g/mol. The van der Waals surface area contributed by atoms with Crippen molar-refractivity contribution in [1.29, 1.82) is 0 Å². The van der Waals surface area contributed by atoms with Crippen molar-refractivity contribution in [1.82, 2.24) is 10.2 Å². The van der Waals surface area contributed by atoms with Crippen LogP contribution in [0.15, 0.2) is 0 Å². The third kappa shape index (κ3) is 4.97. The molecule has 0 unspecified atom stereocenters. The van der Waals surface area contributed by atoms with Gasteiger partial charge in [0.15, 0.2) is 0 Å². The number of hydrogen-bond acceptors (Lipinski definition) is 2. The number of nitrogens with one attached hydrogen (secondary N) is 1. The summed E-state index contributed by atoms with van der Waals surface area (Å²) in [6.45, 7) is 3.34. The molecule has 1 aliphatic carbocycles. The highest BCUT2D eigenvalue weighted by atomic mass is 16.1. The Balaban J connectivity index is 1.61. The molecule has 0 aromatic carbocycles. The predicted molar refractivity (Wildman–Crippen MR) is 74.5 cm³/mol. The molecule has 3 nitrogen and oxygen atoms in total. The van der Waals surface area contributed by atoms with Gasteiger partial charge in [-0.1, -0.05) is 32.1 Å². The van der Waals surface area contributed by atoms with Crippen molar-refractivity contribution in [3.05, 3.63) is 0 Å². The molecule has 2 aliphatic rings. The van der Waals surface area contributed by atoms with Crippen molar-refractivity contribution in [3.8, 4) is 0 Å². The second-order valence-corrected chi connectivity index (χ2v) is 5.91. The summed E-state index contributed by atoms with van der Waals surface area (Å²) < 4.78 is 0. The highest BCUT2D eigenvalue weighted by Gasteiger charge is 2.16. The smallest absolute Gasteiger partial charge is 0.221 e. The number of rotatable bonds is 4. The average Bonchev–Trinajstić information content (AvgIpc) is 2.66. The molecular weight excluding hydrogens is 224 g/mol. The Kier molecular flexibility index (Phi) is 5.98. The predicted octanol–water partition coefficient (Wildman–Crippen LogP) is 2.70. The second-order valence-electron chi connectivity index (χ2n) is 5.91. The van der Waals surface area contributed by atoms with Gasteiger partial charge in [-0.2, -0.15) is 0 Å². The maximum atomic E-state index is 11.9. The Bertz CT molecular complexity index is 241. The molecule has 0 aromatic heterocycles. The van der Waals surface area contributed by atoms with E-state index < -0.39 is 0 Å². The minimum Gasteiger partial charge on any atom is -0.353 e. The van der Waals surface area contributed by atoms with E-state index in [-0.39, 0.29) is 5.91 Å². The van der Waals surface area contributed by atoms with Crippen LogP contribution in [0.4, 0.5) is 0 Å². The molecule has 1 saturated carbocycles. The monoisotopic (exact) mass is 252 g/mol. The number of nitrogens with zero attached hydrogens (tertiary/aromatic N) is 1. The lowest BCUT2D eigenvalue weighted by Gasteiger charge is -2.26. The molecule has 18 heavy (non-hydrogen) atoms. The SMILES string of the molecule is O=C(CCN1CCCCC1)NC1CCCCCC1. The zero-order chi connectivity index (χ0) is 12.6. The standard InChI is InChI=1S/C15H28N2O/c18-15(10-13-17-11-6-3-7-12-17)16-14-8-4-1-2-5-9-14/h14H,1-13H2,(H,16,18). The van der Waals surface area contributed by atoms with Crippen LogP contribution in [0.1, 0.15) is 64.2 Å². The van der Waals surface area contributed by atoms with Crippen LogP contribution in [0.25, 0.3) is 0 Å². The van der Waals surface area contributed by atoms with Crippen LogP contribution in [0.3, 0.4) is 0 Å². The Hall–Kier alpha value is -0.570. The zero-order valence-electron chi connectivity index (χ0n) is 11.6. The summed E-state index contributed by atoms with van der Waals surface area (Å²) in [5.41, 5.74) is 0. The first-order chi connectivity index (χ1) is 8.84. The lowest BCUT2D eigenvalue weighted by Crippen LogP contribution is -2.38. The quantitative estimate of drug-likeness (QED) is 0.780. The number of likely N-dealkylation sites (tertiary alicyclic amines) is 1. The van der Waals surface area contributed by atoms with Gasteiger partial charge < -0.3 is 10.2 Å². The fraction of sp³-hybridized carbons (Fsp3) is 0.933. The summed E-state index contributed by atoms with van der Waals surface area (Å²) in [5.74, 6) is 0.271. The Labute approximate surface area is 111 Å². The van der Waals surface area contributed by atoms with E-state index in [2.05, 4.69) is 10.2 Å². The van der Waals surface area contributed by atoms with Crippen molar-refractivity contribution >= 4 is 5.91 Å². The highest BCUT2D eigenvalue weighted by molar-refractivity contribution is 5.76. The molecular formula is C15H28N2O. The number of carbonyl (C=O) groups is 1. The summed E-state index contributed by atoms with van der Waals surface area (Å²) >= 11 is 0. The molecule has 1 saturated heterocycles. The molecule has 2 rings (SSSR count). The molecule has 1 N–H and O–H groups in total. The maximum Gasteiger partial charge on any atom is 0.221 e. The number of carbonyl (C=O) groups excluding carboxylic acids is 1. The van der Waals surface area contributed by atoms with E-state index in [1.807, 2.05) is 0 Å². The first-order valence-electron chi connectivity index (χ1n) is 7.86. The molecule has 0 aromatic rings. The van der Waals surface area contributed by atoms with Crippen molar-refractivity contribution in [3.63, 3.8) is 0 Å². The third-order valence-electron chi connectivity index (χ3n) is 4.32. The first-order valence-corrected chi connectivity index (χ1v) is 7.86. The van der Waals surface area contributed by atoms with Gasteiger partial charge in [-0.05, 0) is 38.8 Å². The van der Waals surface area contributed by atoms with Crippen molar-refractivity contribution in [2.75, 3.05) is 19.6 Å². The summed E-state index contributed by atoms with van der Waals surface area (Å²) in [6.07, 6.45) is 12.3. The molecule has 0 radical (unpaired) electrons. The van der Waals surface area contributed by atoms with Gasteiger partial charge in [0.1, 0.15) is 0 Å². The molecule has 1 amide bonds. The van der Waals surface area contributed by atoms with Gasteiger partial charge in [-0.25, -0.2) is 0 Å². The maximum absolute atomic E-state index is 11.9. The van der Waals surface area contributed by atoms with E-state index >= 15 is 0 Å². The first kappa shape index (κ1) is 13.9.